The van der Waals surface area contributed by atoms with E-state index in [0.29, 0.717) is 33.5 Å². The Morgan fingerprint density at radius 2 is 1.89 bits per heavy atom. The van der Waals surface area contributed by atoms with Crippen molar-refractivity contribution in [3.05, 3.63) is 76.9 Å². The van der Waals surface area contributed by atoms with Gasteiger partial charge < -0.3 is 14.6 Å². The van der Waals surface area contributed by atoms with Gasteiger partial charge in [0.15, 0.2) is 0 Å². The Hall–Kier alpha value is -3.74. The van der Waals surface area contributed by atoms with Crippen LogP contribution >= 0.6 is 0 Å². The summed E-state index contributed by atoms with van der Waals surface area (Å²) >= 11 is 0. The van der Waals surface area contributed by atoms with Crippen LogP contribution in [0.15, 0.2) is 53.2 Å². The summed E-state index contributed by atoms with van der Waals surface area (Å²) in [6, 6.07) is 10.1. The number of aromatic carboxylic acids is 1. The molecule has 0 fully saturated rings. The second-order valence-electron chi connectivity index (χ2n) is 6.07. The fraction of sp³-hybridized carbons (Fsp3) is 0.0500. The Balaban J connectivity index is 1.82. The van der Waals surface area contributed by atoms with Crippen LogP contribution in [0.2, 0.25) is 0 Å². The summed E-state index contributed by atoms with van der Waals surface area (Å²) in [5.41, 5.74) is 2.20. The molecular formula is C20H13FN2O4. The van der Waals surface area contributed by atoms with Gasteiger partial charge in [0.25, 0.3) is 0 Å². The van der Waals surface area contributed by atoms with Crippen molar-refractivity contribution in [2.24, 2.45) is 0 Å². The number of carboxylic acids is 1. The maximum absolute atomic E-state index is 13.2. The minimum atomic E-state index is -1.05. The lowest BCUT2D eigenvalue weighted by atomic mass is 9.97. The molecule has 4 rings (SSSR count). The monoisotopic (exact) mass is 364 g/mol. The first-order valence-electron chi connectivity index (χ1n) is 8.07. The summed E-state index contributed by atoms with van der Waals surface area (Å²) in [4.78, 5) is 27.2. The Labute approximate surface area is 152 Å². The molecule has 0 saturated heterocycles. The van der Waals surface area contributed by atoms with Gasteiger partial charge in [-0.1, -0.05) is 11.2 Å². The molecule has 7 heteroatoms. The fourth-order valence-electron chi connectivity index (χ4n) is 3.03. The third-order valence-electron chi connectivity index (χ3n) is 4.38. The first kappa shape index (κ1) is 16.7. The number of halogens is 1. The van der Waals surface area contributed by atoms with Crippen molar-refractivity contribution in [2.75, 3.05) is 0 Å². The zero-order valence-electron chi connectivity index (χ0n) is 14.1. The molecule has 2 aromatic carbocycles. The van der Waals surface area contributed by atoms with E-state index in [1.165, 1.54) is 42.6 Å². The Morgan fingerprint density at radius 3 is 2.59 bits per heavy atom. The first-order valence-corrected chi connectivity index (χ1v) is 8.07. The smallest absolute Gasteiger partial charge is 0.335 e. The molecule has 0 spiro atoms. The molecule has 4 aromatic rings. The van der Waals surface area contributed by atoms with Crippen LogP contribution < -0.4 is 0 Å². The zero-order valence-corrected chi connectivity index (χ0v) is 14.1. The van der Waals surface area contributed by atoms with Gasteiger partial charge in [0.2, 0.25) is 5.78 Å². The highest BCUT2D eigenvalue weighted by Gasteiger charge is 2.25. The number of hydrogen-bond acceptors (Lipinski definition) is 4. The van der Waals surface area contributed by atoms with E-state index in [-0.39, 0.29) is 16.9 Å². The van der Waals surface area contributed by atoms with Crippen molar-refractivity contribution in [2.45, 2.75) is 6.92 Å². The second-order valence-corrected chi connectivity index (χ2v) is 6.07. The highest BCUT2D eigenvalue weighted by Crippen LogP contribution is 2.30. The molecule has 0 unspecified atom stereocenters. The number of carbonyl (C=O) groups is 2. The molecule has 0 aliphatic heterocycles. The summed E-state index contributed by atoms with van der Waals surface area (Å²) < 4.78 is 18.4. The quantitative estimate of drug-likeness (QED) is 0.529. The van der Waals surface area contributed by atoms with E-state index in [1.807, 2.05) is 0 Å². The number of aryl methyl sites for hydroxylation is 1. The highest BCUT2D eigenvalue weighted by molar-refractivity contribution is 6.19. The van der Waals surface area contributed by atoms with E-state index in [2.05, 4.69) is 10.1 Å². The molecule has 0 atom stereocenters. The van der Waals surface area contributed by atoms with Crippen molar-refractivity contribution >= 4 is 22.7 Å². The molecule has 0 aliphatic rings. The zero-order chi connectivity index (χ0) is 19.1. The van der Waals surface area contributed by atoms with Crippen LogP contribution in [0.25, 0.3) is 22.2 Å². The van der Waals surface area contributed by atoms with E-state index >= 15 is 0 Å². The van der Waals surface area contributed by atoms with E-state index in [4.69, 9.17) is 9.63 Å². The lowest BCUT2D eigenvalue weighted by Crippen LogP contribution is -2.03. The molecule has 0 bridgehead atoms. The number of benzene rings is 2. The Morgan fingerprint density at radius 1 is 1.15 bits per heavy atom. The number of carboxylic acid groups (broad SMARTS) is 1. The van der Waals surface area contributed by atoms with Gasteiger partial charge >= 0.3 is 5.97 Å². The summed E-state index contributed by atoms with van der Waals surface area (Å²) in [5.74, 6) is -1.41. The number of nitrogens with one attached hydrogen (secondary N) is 1. The number of nitrogens with zero attached hydrogens (tertiary/aromatic N) is 1. The molecule has 2 heterocycles. The SMILES string of the molecule is Cc1onc(-c2ccc(F)cc2)c1C(=O)c1c[nH]c2cc(C(=O)O)ccc12. The normalized spacial score (nSPS) is 11.0. The third-order valence-corrected chi connectivity index (χ3v) is 4.38. The van der Waals surface area contributed by atoms with Gasteiger partial charge in [-0.3, -0.25) is 4.79 Å². The average Bonchev–Trinajstić information content (AvgIpc) is 3.25. The van der Waals surface area contributed by atoms with Crippen molar-refractivity contribution < 1.29 is 23.6 Å². The first-order chi connectivity index (χ1) is 13.0. The van der Waals surface area contributed by atoms with Crippen LogP contribution in [0, 0.1) is 12.7 Å². The molecule has 27 heavy (non-hydrogen) atoms. The van der Waals surface area contributed by atoms with Crippen molar-refractivity contribution in [1.82, 2.24) is 10.1 Å². The van der Waals surface area contributed by atoms with Crippen LogP contribution in [-0.4, -0.2) is 27.0 Å². The lowest BCUT2D eigenvalue weighted by molar-refractivity contribution is 0.0697. The molecule has 2 N–H and O–H groups in total. The maximum atomic E-state index is 13.2. The van der Waals surface area contributed by atoms with Crippen LogP contribution in [0.3, 0.4) is 0 Å². The van der Waals surface area contributed by atoms with E-state index in [1.54, 1.807) is 13.0 Å². The van der Waals surface area contributed by atoms with Crippen molar-refractivity contribution in [3.63, 3.8) is 0 Å². The van der Waals surface area contributed by atoms with E-state index < -0.39 is 11.8 Å². The molecule has 0 aliphatic carbocycles. The number of hydrogen-bond donors (Lipinski definition) is 2. The van der Waals surface area contributed by atoms with Gasteiger partial charge in [0.05, 0.1) is 11.1 Å². The summed E-state index contributed by atoms with van der Waals surface area (Å²) in [6.07, 6.45) is 1.53. The van der Waals surface area contributed by atoms with Crippen molar-refractivity contribution in [3.8, 4) is 11.3 Å². The number of carbonyl (C=O) groups excluding carboxylic acids is 1. The third kappa shape index (κ3) is 2.79. The molecular weight excluding hydrogens is 351 g/mol. The van der Waals surface area contributed by atoms with Gasteiger partial charge in [-0.05, 0) is 43.3 Å². The second kappa shape index (κ2) is 6.21. The number of aromatic nitrogens is 2. The van der Waals surface area contributed by atoms with Gasteiger partial charge in [-0.2, -0.15) is 0 Å². The topological polar surface area (TPSA) is 96.2 Å². The standard InChI is InChI=1S/C20H13FN2O4/c1-10-17(18(23-27-10)11-2-5-13(21)6-3-11)19(24)15-9-22-16-8-12(20(25)26)4-7-14(15)16/h2-9,22H,1H3,(H,25,26). The number of fused-ring (bicyclic) bond motifs is 1. The summed E-state index contributed by atoms with van der Waals surface area (Å²) in [7, 11) is 0. The highest BCUT2D eigenvalue weighted by atomic mass is 19.1. The molecule has 6 nitrogen and oxygen atoms in total. The molecule has 0 saturated carbocycles. The minimum absolute atomic E-state index is 0.122. The molecule has 134 valence electrons. The van der Waals surface area contributed by atoms with E-state index in [9.17, 15) is 14.0 Å². The Kier molecular flexibility index (Phi) is 3.84. The van der Waals surface area contributed by atoms with Crippen molar-refractivity contribution in [1.29, 1.82) is 0 Å². The predicted molar refractivity (Wildman–Crippen MR) is 95.3 cm³/mol. The van der Waals surface area contributed by atoms with E-state index in [0.717, 1.165) is 0 Å². The molecule has 0 amide bonds. The predicted octanol–water partition coefficient (Wildman–Crippen LogP) is 4.20. The summed E-state index contributed by atoms with van der Waals surface area (Å²) in [6.45, 7) is 1.63. The van der Waals surface area contributed by atoms with Gasteiger partial charge in [0.1, 0.15) is 17.3 Å². The number of rotatable bonds is 4. The summed E-state index contributed by atoms with van der Waals surface area (Å²) in [5, 5.41) is 13.7. The van der Waals surface area contributed by atoms with Gasteiger partial charge in [-0.15, -0.1) is 0 Å². The maximum Gasteiger partial charge on any atom is 0.335 e. The number of aromatic amines is 1. The minimum Gasteiger partial charge on any atom is -0.478 e. The fourth-order valence-corrected chi connectivity index (χ4v) is 3.03. The average molecular weight is 364 g/mol. The number of ketones is 1. The molecule has 2 aromatic heterocycles. The van der Waals surface area contributed by atoms with Gasteiger partial charge in [-0.25, -0.2) is 9.18 Å². The molecule has 0 radical (unpaired) electrons. The van der Waals surface area contributed by atoms with Crippen LogP contribution in [0.1, 0.15) is 32.0 Å². The van der Waals surface area contributed by atoms with Crippen LogP contribution in [-0.2, 0) is 0 Å². The van der Waals surface area contributed by atoms with Crippen LogP contribution in [0.4, 0.5) is 4.39 Å². The van der Waals surface area contributed by atoms with Crippen LogP contribution in [0.5, 0.6) is 0 Å². The Bertz CT molecular complexity index is 1190. The number of H-pyrrole nitrogens is 1. The largest absolute Gasteiger partial charge is 0.478 e. The lowest BCUT2D eigenvalue weighted by Gasteiger charge is -2.02. The van der Waals surface area contributed by atoms with Gasteiger partial charge in [0, 0.05) is 28.2 Å².